The largest absolute Gasteiger partial charge is 0.0987 e. The van der Waals surface area contributed by atoms with Gasteiger partial charge in [-0.05, 0) is 42.2 Å². The van der Waals surface area contributed by atoms with Gasteiger partial charge in [0.2, 0.25) is 0 Å². The molecule has 13 heavy (non-hydrogen) atoms. The zero-order chi connectivity index (χ0) is 9.42. The van der Waals surface area contributed by atoms with Crippen LogP contribution in [0.4, 0.5) is 0 Å². The lowest BCUT2D eigenvalue weighted by molar-refractivity contribution is 0.531. The maximum Gasteiger partial charge on any atom is 0.0434 e. The van der Waals surface area contributed by atoms with Crippen LogP contribution in [-0.2, 0) is 0 Å². The molecule has 1 saturated carbocycles. The van der Waals surface area contributed by atoms with Gasteiger partial charge in [-0.1, -0.05) is 37.3 Å². The average molecular weight is 195 g/mol. The van der Waals surface area contributed by atoms with Crippen LogP contribution in [0.1, 0.15) is 19.8 Å². The molecule has 0 heterocycles. The molecule has 0 aromatic carbocycles. The Labute approximate surface area is 85.0 Å². The summed E-state index contributed by atoms with van der Waals surface area (Å²) in [5.74, 6) is 2.53. The van der Waals surface area contributed by atoms with Gasteiger partial charge in [-0.2, -0.15) is 0 Å². The van der Waals surface area contributed by atoms with Crippen LogP contribution in [0.5, 0.6) is 0 Å². The Bertz CT molecular complexity index is 285. The maximum atomic E-state index is 6.03. The number of hydrogen-bond acceptors (Lipinski definition) is 0. The molecule has 0 aromatic rings. The van der Waals surface area contributed by atoms with Gasteiger partial charge in [0.05, 0.1) is 0 Å². The third-order valence-corrected chi connectivity index (χ3v) is 3.59. The summed E-state index contributed by atoms with van der Waals surface area (Å²) in [7, 11) is 0. The first-order chi connectivity index (χ1) is 6.22. The molecule has 0 radical (unpaired) electrons. The molecule has 2 aliphatic rings. The molecule has 2 rings (SSSR count). The van der Waals surface area contributed by atoms with Crippen LogP contribution >= 0.6 is 11.6 Å². The van der Waals surface area contributed by atoms with Gasteiger partial charge in [0.15, 0.2) is 0 Å². The topological polar surface area (TPSA) is 0 Å². The van der Waals surface area contributed by atoms with Crippen LogP contribution in [0.3, 0.4) is 0 Å². The summed E-state index contributed by atoms with van der Waals surface area (Å²) < 4.78 is 0. The minimum atomic E-state index is 0.713. The molecule has 0 spiro atoms. The van der Waals surface area contributed by atoms with Crippen molar-refractivity contribution in [1.82, 2.24) is 0 Å². The van der Waals surface area contributed by atoms with Crippen molar-refractivity contribution in [3.8, 4) is 0 Å². The Morgan fingerprint density at radius 3 is 2.85 bits per heavy atom. The molecule has 1 fully saturated rings. The van der Waals surface area contributed by atoms with Crippen molar-refractivity contribution < 1.29 is 0 Å². The smallest absolute Gasteiger partial charge is 0.0434 e. The molecule has 3 atom stereocenters. The average Bonchev–Trinajstić information content (AvgIpc) is 2.84. The van der Waals surface area contributed by atoms with Crippen molar-refractivity contribution >= 4 is 11.6 Å². The number of rotatable bonds is 2. The Hall–Kier alpha value is -0.490. The van der Waals surface area contributed by atoms with E-state index in [0.29, 0.717) is 5.92 Å². The summed E-state index contributed by atoms with van der Waals surface area (Å²) in [6.07, 6.45) is 8.68. The highest BCUT2D eigenvalue weighted by atomic mass is 35.5. The van der Waals surface area contributed by atoms with Crippen molar-refractivity contribution in [2.45, 2.75) is 19.8 Å². The second kappa shape index (κ2) is 3.34. The Morgan fingerprint density at radius 1 is 1.62 bits per heavy atom. The first-order valence-electron chi connectivity index (χ1n) is 4.91. The van der Waals surface area contributed by atoms with Crippen molar-refractivity contribution in [2.24, 2.45) is 17.8 Å². The number of halogens is 1. The second-order valence-corrected chi connectivity index (χ2v) is 4.59. The van der Waals surface area contributed by atoms with E-state index in [0.717, 1.165) is 23.3 Å². The minimum Gasteiger partial charge on any atom is -0.0987 e. The fourth-order valence-electron chi connectivity index (χ4n) is 2.16. The van der Waals surface area contributed by atoms with Crippen molar-refractivity contribution in [2.75, 3.05) is 0 Å². The van der Waals surface area contributed by atoms with Crippen molar-refractivity contribution in [1.29, 1.82) is 0 Å². The third kappa shape index (κ3) is 1.73. The summed E-state index contributed by atoms with van der Waals surface area (Å²) in [4.78, 5) is 0. The molecule has 0 aromatic heterocycles. The Morgan fingerprint density at radius 2 is 2.31 bits per heavy atom. The third-order valence-electron chi connectivity index (χ3n) is 3.22. The van der Waals surface area contributed by atoms with E-state index >= 15 is 0 Å². The highest BCUT2D eigenvalue weighted by molar-refractivity contribution is 6.31. The van der Waals surface area contributed by atoms with Gasteiger partial charge >= 0.3 is 0 Å². The highest BCUT2D eigenvalue weighted by Crippen LogP contribution is 2.48. The normalized spacial score (nSPS) is 37.8. The molecular formula is C12H15Cl. The molecular weight excluding hydrogens is 180 g/mol. The van der Waals surface area contributed by atoms with Crippen LogP contribution in [0.2, 0.25) is 0 Å². The van der Waals surface area contributed by atoms with Crippen LogP contribution < -0.4 is 0 Å². The van der Waals surface area contributed by atoms with E-state index in [1.54, 1.807) is 0 Å². The van der Waals surface area contributed by atoms with E-state index in [1.807, 2.05) is 12.2 Å². The van der Waals surface area contributed by atoms with Gasteiger partial charge in [0.1, 0.15) is 0 Å². The zero-order valence-corrected chi connectivity index (χ0v) is 8.72. The number of allylic oxidation sites excluding steroid dienone is 5. The Balaban J connectivity index is 2.07. The van der Waals surface area contributed by atoms with Gasteiger partial charge in [-0.3, -0.25) is 0 Å². The van der Waals surface area contributed by atoms with Crippen LogP contribution in [0.15, 0.2) is 35.4 Å². The fourth-order valence-corrected chi connectivity index (χ4v) is 2.38. The first-order valence-corrected chi connectivity index (χ1v) is 5.29. The van der Waals surface area contributed by atoms with E-state index in [9.17, 15) is 0 Å². The number of hydrogen-bond donors (Lipinski definition) is 0. The van der Waals surface area contributed by atoms with Gasteiger partial charge in [-0.25, -0.2) is 0 Å². The fraction of sp³-hybridized carbons (Fsp3) is 0.500. The molecule has 2 aliphatic carbocycles. The first kappa shape index (κ1) is 9.08. The standard InChI is InChI=1S/C12H15Cl/c1-3-9-7-10(4-5-12(9)13)11-6-8(11)2/h3-5,8,10-11H,1,6-7H2,2H3. The monoisotopic (exact) mass is 194 g/mol. The van der Waals surface area contributed by atoms with Gasteiger partial charge in [0.25, 0.3) is 0 Å². The van der Waals surface area contributed by atoms with E-state index in [4.69, 9.17) is 11.6 Å². The predicted octanol–water partition coefficient (Wildman–Crippen LogP) is 3.90. The lowest BCUT2D eigenvalue weighted by Crippen LogP contribution is -2.05. The Kier molecular flexibility index (Phi) is 2.33. The molecule has 70 valence electrons. The lowest BCUT2D eigenvalue weighted by Gasteiger charge is -2.17. The molecule has 3 unspecified atom stereocenters. The lowest BCUT2D eigenvalue weighted by atomic mass is 9.89. The van der Waals surface area contributed by atoms with Crippen molar-refractivity contribution in [3.05, 3.63) is 35.4 Å². The molecule has 0 N–H and O–H groups in total. The molecule has 0 bridgehead atoms. The molecule has 0 amide bonds. The van der Waals surface area contributed by atoms with E-state index in [1.165, 1.54) is 12.0 Å². The zero-order valence-electron chi connectivity index (χ0n) is 7.96. The van der Waals surface area contributed by atoms with Crippen molar-refractivity contribution in [3.63, 3.8) is 0 Å². The molecule has 1 heteroatoms. The summed E-state index contributed by atoms with van der Waals surface area (Å²) >= 11 is 6.03. The molecule has 0 saturated heterocycles. The summed E-state index contributed by atoms with van der Waals surface area (Å²) in [5, 5.41) is 0.875. The van der Waals surface area contributed by atoms with Crippen LogP contribution in [-0.4, -0.2) is 0 Å². The SMILES string of the molecule is C=CC1=C(Cl)C=CC(C2CC2C)C1. The quantitative estimate of drug-likeness (QED) is 0.626. The highest BCUT2D eigenvalue weighted by Gasteiger charge is 2.38. The minimum absolute atomic E-state index is 0.713. The molecule has 0 nitrogen and oxygen atoms in total. The second-order valence-electron chi connectivity index (χ2n) is 4.18. The van der Waals surface area contributed by atoms with Gasteiger partial charge in [-0.15, -0.1) is 0 Å². The van der Waals surface area contributed by atoms with Crippen LogP contribution in [0.25, 0.3) is 0 Å². The van der Waals surface area contributed by atoms with Gasteiger partial charge in [0, 0.05) is 5.03 Å². The van der Waals surface area contributed by atoms with Gasteiger partial charge < -0.3 is 0 Å². The summed E-state index contributed by atoms with van der Waals surface area (Å²) in [6.45, 7) is 6.12. The van der Waals surface area contributed by atoms with E-state index in [-0.39, 0.29) is 0 Å². The predicted molar refractivity (Wildman–Crippen MR) is 57.6 cm³/mol. The van der Waals surface area contributed by atoms with E-state index < -0.39 is 0 Å². The summed E-state index contributed by atoms with van der Waals surface area (Å²) in [6, 6.07) is 0. The molecule has 0 aliphatic heterocycles. The van der Waals surface area contributed by atoms with E-state index in [2.05, 4.69) is 19.6 Å². The summed E-state index contributed by atoms with van der Waals surface area (Å²) in [5.41, 5.74) is 1.22. The maximum absolute atomic E-state index is 6.03. The van der Waals surface area contributed by atoms with Crippen LogP contribution in [0, 0.1) is 17.8 Å².